The first-order valence-electron chi connectivity index (χ1n) is 10.2. The lowest BCUT2D eigenvalue weighted by molar-refractivity contribution is -0.132. The highest BCUT2D eigenvalue weighted by Crippen LogP contribution is 2.18. The van der Waals surface area contributed by atoms with Crippen LogP contribution < -0.4 is 10.2 Å². The molecule has 1 N–H and O–H groups in total. The number of ether oxygens (including phenoxy) is 1. The maximum atomic E-state index is 12.8. The second kappa shape index (κ2) is 9.12. The van der Waals surface area contributed by atoms with Crippen LogP contribution in [0.15, 0.2) is 12.1 Å². The maximum absolute atomic E-state index is 12.8. The molecule has 2 aromatic heterocycles. The molecule has 2 aliphatic heterocycles. The molecule has 1 unspecified atom stereocenters. The van der Waals surface area contributed by atoms with Crippen molar-refractivity contribution < 1.29 is 14.3 Å². The van der Waals surface area contributed by atoms with Crippen LogP contribution in [0.1, 0.15) is 32.1 Å². The number of aromatic nitrogens is 5. The van der Waals surface area contributed by atoms with Gasteiger partial charge in [0.1, 0.15) is 0 Å². The molecular formula is C18H26N8O3. The SMILES string of the molecule is O=C1CCN(C(=O)CCC2CCCO2)CCN(c2ccc3nnnn3n2)CCN1. The molecule has 29 heavy (non-hydrogen) atoms. The number of rotatable bonds is 4. The molecule has 0 spiro atoms. The molecule has 11 nitrogen and oxygen atoms in total. The minimum Gasteiger partial charge on any atom is -0.378 e. The summed E-state index contributed by atoms with van der Waals surface area (Å²) in [7, 11) is 0. The summed E-state index contributed by atoms with van der Waals surface area (Å²) < 4.78 is 6.99. The molecular weight excluding hydrogens is 376 g/mol. The van der Waals surface area contributed by atoms with Gasteiger partial charge in [-0.1, -0.05) is 0 Å². The highest BCUT2D eigenvalue weighted by atomic mass is 16.5. The van der Waals surface area contributed by atoms with Crippen LogP contribution in [-0.4, -0.2) is 87.4 Å². The second-order valence-electron chi connectivity index (χ2n) is 7.36. The Hall–Kier alpha value is -2.82. The molecule has 4 rings (SSSR count). The monoisotopic (exact) mass is 402 g/mol. The zero-order valence-corrected chi connectivity index (χ0v) is 16.4. The molecule has 0 saturated carbocycles. The van der Waals surface area contributed by atoms with Gasteiger partial charge < -0.3 is 19.9 Å². The first kappa shape index (κ1) is 19.5. The average Bonchev–Trinajstić information content (AvgIpc) is 3.41. The summed E-state index contributed by atoms with van der Waals surface area (Å²) in [6.45, 7) is 3.46. The predicted octanol–water partition coefficient (Wildman–Crippen LogP) is -0.367. The van der Waals surface area contributed by atoms with Crippen LogP contribution >= 0.6 is 0 Å². The highest BCUT2D eigenvalue weighted by Gasteiger charge is 2.22. The van der Waals surface area contributed by atoms with Gasteiger partial charge in [0.05, 0.1) is 6.10 Å². The number of hydrogen-bond donors (Lipinski definition) is 1. The summed E-state index contributed by atoms with van der Waals surface area (Å²) in [5.41, 5.74) is 0.564. The Kier molecular flexibility index (Phi) is 6.13. The van der Waals surface area contributed by atoms with Crippen molar-refractivity contribution in [3.05, 3.63) is 12.1 Å². The third-order valence-electron chi connectivity index (χ3n) is 5.39. The third kappa shape index (κ3) is 4.97. The Morgan fingerprint density at radius 3 is 3.03 bits per heavy atom. The zero-order chi connectivity index (χ0) is 20.1. The van der Waals surface area contributed by atoms with Gasteiger partial charge in [-0.05, 0) is 41.8 Å². The fourth-order valence-corrected chi connectivity index (χ4v) is 3.72. The topological polar surface area (TPSA) is 118 Å². The van der Waals surface area contributed by atoms with E-state index in [9.17, 15) is 9.59 Å². The van der Waals surface area contributed by atoms with Gasteiger partial charge >= 0.3 is 0 Å². The van der Waals surface area contributed by atoms with E-state index >= 15 is 0 Å². The standard InChI is InChI=1S/C18H26N8O3/c27-17-7-9-25(18(28)6-3-14-2-1-13-29-14)12-11-24(10-8-19-17)16-5-4-15-20-22-23-26(15)21-16/h4-5,14H,1-3,6-13H2,(H,19,27). The number of hydrogen-bond acceptors (Lipinski definition) is 8. The number of carbonyl (C=O) groups is 2. The van der Waals surface area contributed by atoms with Gasteiger partial charge in [0.25, 0.3) is 0 Å². The van der Waals surface area contributed by atoms with E-state index in [1.807, 2.05) is 11.0 Å². The van der Waals surface area contributed by atoms with Crippen LogP contribution in [0.3, 0.4) is 0 Å². The average molecular weight is 402 g/mol. The summed E-state index contributed by atoms with van der Waals surface area (Å²) in [6.07, 6.45) is 3.78. The third-order valence-corrected chi connectivity index (χ3v) is 5.39. The minimum absolute atomic E-state index is 0.0485. The van der Waals surface area contributed by atoms with Crippen LogP contribution in [0.25, 0.3) is 5.65 Å². The van der Waals surface area contributed by atoms with E-state index in [2.05, 4.69) is 25.9 Å². The Labute approximate surface area is 168 Å². The second-order valence-corrected chi connectivity index (χ2v) is 7.36. The number of tetrazole rings is 1. The summed E-state index contributed by atoms with van der Waals surface area (Å²) in [4.78, 5) is 28.7. The summed E-state index contributed by atoms with van der Waals surface area (Å²) >= 11 is 0. The molecule has 2 saturated heterocycles. The lowest BCUT2D eigenvalue weighted by atomic mass is 10.1. The van der Waals surface area contributed by atoms with Crippen LogP contribution in [-0.2, 0) is 14.3 Å². The van der Waals surface area contributed by atoms with Gasteiger partial charge in [-0.15, -0.1) is 14.8 Å². The molecule has 0 radical (unpaired) electrons. The van der Waals surface area contributed by atoms with Crippen molar-refractivity contribution in [3.63, 3.8) is 0 Å². The van der Waals surface area contributed by atoms with Crippen molar-refractivity contribution in [3.8, 4) is 0 Å². The molecule has 0 aromatic carbocycles. The quantitative estimate of drug-likeness (QED) is 0.736. The minimum atomic E-state index is -0.0485. The molecule has 4 heterocycles. The lowest BCUT2D eigenvalue weighted by Gasteiger charge is -2.30. The molecule has 2 amide bonds. The molecule has 1 atom stereocenters. The first-order valence-corrected chi connectivity index (χ1v) is 10.2. The highest BCUT2D eigenvalue weighted by molar-refractivity contribution is 5.79. The van der Waals surface area contributed by atoms with Crippen molar-refractivity contribution in [2.45, 2.75) is 38.2 Å². The number of carbonyl (C=O) groups excluding carboxylic acids is 2. The zero-order valence-electron chi connectivity index (χ0n) is 16.4. The van der Waals surface area contributed by atoms with Crippen molar-refractivity contribution >= 4 is 23.3 Å². The van der Waals surface area contributed by atoms with Crippen LogP contribution in [0.4, 0.5) is 5.82 Å². The van der Waals surface area contributed by atoms with Gasteiger partial charge in [0.15, 0.2) is 11.5 Å². The fourth-order valence-electron chi connectivity index (χ4n) is 3.72. The Bertz CT molecular complexity index is 850. The van der Waals surface area contributed by atoms with Gasteiger partial charge in [-0.2, -0.15) is 0 Å². The molecule has 11 heteroatoms. The van der Waals surface area contributed by atoms with Crippen molar-refractivity contribution in [2.24, 2.45) is 0 Å². The van der Waals surface area contributed by atoms with E-state index in [1.54, 1.807) is 11.0 Å². The summed E-state index contributed by atoms with van der Waals surface area (Å²) in [5.74, 6) is 0.719. The number of anilines is 1. The molecule has 156 valence electrons. The Morgan fingerprint density at radius 1 is 1.24 bits per heavy atom. The number of fused-ring (bicyclic) bond motifs is 1. The fraction of sp³-hybridized carbons (Fsp3) is 0.667. The Balaban J connectivity index is 1.42. The van der Waals surface area contributed by atoms with Crippen molar-refractivity contribution in [2.75, 3.05) is 44.2 Å². The van der Waals surface area contributed by atoms with E-state index in [-0.39, 0.29) is 17.9 Å². The first-order chi connectivity index (χ1) is 14.2. The summed E-state index contributed by atoms with van der Waals surface area (Å²) in [6, 6.07) is 3.65. The molecule has 0 bridgehead atoms. The molecule has 0 aliphatic carbocycles. The molecule has 2 fully saturated rings. The number of amides is 2. The molecule has 2 aromatic rings. The Morgan fingerprint density at radius 2 is 2.17 bits per heavy atom. The van der Waals surface area contributed by atoms with E-state index in [0.717, 1.165) is 25.9 Å². The van der Waals surface area contributed by atoms with Crippen LogP contribution in [0.5, 0.6) is 0 Å². The van der Waals surface area contributed by atoms with E-state index in [1.165, 1.54) is 4.63 Å². The summed E-state index contributed by atoms with van der Waals surface area (Å²) in [5, 5.41) is 18.7. The number of nitrogens with zero attached hydrogens (tertiary/aromatic N) is 7. The van der Waals surface area contributed by atoms with Crippen molar-refractivity contribution in [1.29, 1.82) is 0 Å². The van der Waals surface area contributed by atoms with Crippen LogP contribution in [0.2, 0.25) is 0 Å². The van der Waals surface area contributed by atoms with Crippen LogP contribution in [0, 0.1) is 0 Å². The number of nitrogens with one attached hydrogen (secondary N) is 1. The molecule has 2 aliphatic rings. The predicted molar refractivity (Wildman–Crippen MR) is 103 cm³/mol. The van der Waals surface area contributed by atoms with Gasteiger partial charge in [0, 0.05) is 52.2 Å². The van der Waals surface area contributed by atoms with E-state index in [4.69, 9.17) is 4.74 Å². The van der Waals surface area contributed by atoms with Gasteiger partial charge in [-0.3, -0.25) is 9.59 Å². The maximum Gasteiger partial charge on any atom is 0.222 e. The largest absolute Gasteiger partial charge is 0.378 e. The smallest absolute Gasteiger partial charge is 0.222 e. The van der Waals surface area contributed by atoms with E-state index in [0.29, 0.717) is 57.0 Å². The van der Waals surface area contributed by atoms with Crippen molar-refractivity contribution in [1.82, 2.24) is 35.5 Å². The van der Waals surface area contributed by atoms with Gasteiger partial charge in [0.2, 0.25) is 11.8 Å². The van der Waals surface area contributed by atoms with Gasteiger partial charge in [-0.25, -0.2) is 0 Å². The van der Waals surface area contributed by atoms with E-state index < -0.39 is 0 Å². The normalized spacial score (nSPS) is 21.4. The lowest BCUT2D eigenvalue weighted by Crippen LogP contribution is -2.45.